The van der Waals surface area contributed by atoms with E-state index in [2.05, 4.69) is 27.7 Å². The number of likely N-dealkylation sites (tertiary alicyclic amines) is 1. The van der Waals surface area contributed by atoms with E-state index in [9.17, 15) is 4.79 Å². The molecule has 0 aromatic carbocycles. The van der Waals surface area contributed by atoms with Crippen molar-refractivity contribution in [2.24, 2.45) is 11.3 Å². The molecular weight excluding hydrogens is 274 g/mol. The number of hydrogen-bond donors (Lipinski definition) is 0. The van der Waals surface area contributed by atoms with Crippen LogP contribution in [0.1, 0.15) is 80.1 Å². The van der Waals surface area contributed by atoms with E-state index in [4.69, 9.17) is 4.74 Å². The van der Waals surface area contributed by atoms with Crippen molar-refractivity contribution in [2.75, 3.05) is 26.3 Å². The number of ether oxygens (including phenoxy) is 1. The summed E-state index contributed by atoms with van der Waals surface area (Å²) in [6.45, 7) is 16.3. The van der Waals surface area contributed by atoms with Crippen LogP contribution in [0.5, 0.6) is 0 Å². The average molecular weight is 314 g/mol. The Balaban J connectivity index is 0.00000211. The van der Waals surface area contributed by atoms with Crippen molar-refractivity contribution < 1.29 is 9.53 Å². The van der Waals surface area contributed by atoms with Crippen LogP contribution in [-0.2, 0) is 9.53 Å². The molecular formula is C19H39NO2. The summed E-state index contributed by atoms with van der Waals surface area (Å²) in [5.41, 5.74) is 0.449. The summed E-state index contributed by atoms with van der Waals surface area (Å²) in [4.78, 5) is 14.1. The van der Waals surface area contributed by atoms with E-state index < -0.39 is 0 Å². The fourth-order valence-corrected chi connectivity index (χ4v) is 2.66. The van der Waals surface area contributed by atoms with Gasteiger partial charge in [0.05, 0.1) is 13.0 Å². The molecule has 1 aliphatic rings. The van der Waals surface area contributed by atoms with E-state index in [1.165, 1.54) is 12.8 Å². The van der Waals surface area contributed by atoms with Gasteiger partial charge in [0.1, 0.15) is 0 Å². The Hall–Kier alpha value is -0.570. The number of amides is 1. The molecule has 0 N–H and O–H groups in total. The number of carbonyl (C=O) groups excluding carboxylic acids is 1. The molecule has 1 saturated heterocycles. The molecule has 1 heterocycles. The summed E-state index contributed by atoms with van der Waals surface area (Å²) in [7, 11) is 0. The Bertz CT molecular complexity index is 281. The van der Waals surface area contributed by atoms with Gasteiger partial charge in [0, 0.05) is 19.7 Å². The lowest BCUT2D eigenvalue weighted by molar-refractivity contribution is -0.134. The van der Waals surface area contributed by atoms with Crippen molar-refractivity contribution in [1.29, 1.82) is 0 Å². The smallest absolute Gasteiger partial charge is 0.224 e. The fraction of sp³-hybridized carbons (Fsp3) is 0.947. The SMILES string of the molecule is CC.CCC1(C)CCN(C(=O)CCOCCCC(C)C)CC1. The molecule has 22 heavy (non-hydrogen) atoms. The molecule has 1 fully saturated rings. The van der Waals surface area contributed by atoms with Gasteiger partial charge in [-0.05, 0) is 37.0 Å². The van der Waals surface area contributed by atoms with Crippen LogP contribution in [0, 0.1) is 11.3 Å². The summed E-state index contributed by atoms with van der Waals surface area (Å²) < 4.78 is 5.56. The van der Waals surface area contributed by atoms with Crippen LogP contribution in [0.3, 0.4) is 0 Å². The second-order valence-corrected chi connectivity index (χ2v) is 6.94. The van der Waals surface area contributed by atoms with Crippen LogP contribution in [0.15, 0.2) is 0 Å². The van der Waals surface area contributed by atoms with E-state index in [0.717, 1.165) is 44.9 Å². The Morgan fingerprint density at radius 2 is 1.77 bits per heavy atom. The van der Waals surface area contributed by atoms with Crippen molar-refractivity contribution in [2.45, 2.75) is 80.1 Å². The minimum absolute atomic E-state index is 0.270. The lowest BCUT2D eigenvalue weighted by atomic mass is 9.78. The van der Waals surface area contributed by atoms with Gasteiger partial charge in [-0.15, -0.1) is 0 Å². The molecule has 0 bridgehead atoms. The molecule has 132 valence electrons. The maximum atomic E-state index is 12.1. The van der Waals surface area contributed by atoms with E-state index >= 15 is 0 Å². The predicted molar refractivity (Wildman–Crippen MR) is 95.1 cm³/mol. The van der Waals surface area contributed by atoms with Crippen LogP contribution in [0.4, 0.5) is 0 Å². The van der Waals surface area contributed by atoms with Crippen LogP contribution in [0.25, 0.3) is 0 Å². The minimum atomic E-state index is 0.270. The Morgan fingerprint density at radius 1 is 1.18 bits per heavy atom. The van der Waals surface area contributed by atoms with Crippen LogP contribution in [0.2, 0.25) is 0 Å². The Kier molecular flexibility index (Phi) is 11.6. The summed E-state index contributed by atoms with van der Waals surface area (Å²) in [6.07, 6.45) is 6.35. The zero-order chi connectivity index (χ0) is 17.0. The highest BCUT2D eigenvalue weighted by Crippen LogP contribution is 2.33. The standard InChI is InChI=1S/C17H33NO2.C2H6/c1-5-17(4)9-11-18(12-10-17)16(19)8-14-20-13-6-7-15(2)3;1-2/h15H,5-14H2,1-4H3;1-2H3. The normalized spacial score (nSPS) is 17.1. The second kappa shape index (κ2) is 11.9. The van der Waals surface area contributed by atoms with E-state index in [1.54, 1.807) is 0 Å². The molecule has 0 unspecified atom stereocenters. The van der Waals surface area contributed by atoms with Crippen molar-refractivity contribution in [3.05, 3.63) is 0 Å². The van der Waals surface area contributed by atoms with Crippen molar-refractivity contribution >= 4 is 5.91 Å². The number of piperidine rings is 1. The van der Waals surface area contributed by atoms with Gasteiger partial charge in [-0.1, -0.05) is 48.0 Å². The highest BCUT2D eigenvalue weighted by molar-refractivity contribution is 5.76. The van der Waals surface area contributed by atoms with Gasteiger partial charge >= 0.3 is 0 Å². The third-order valence-corrected chi connectivity index (χ3v) is 4.71. The van der Waals surface area contributed by atoms with Crippen LogP contribution in [-0.4, -0.2) is 37.1 Å². The highest BCUT2D eigenvalue weighted by atomic mass is 16.5. The third kappa shape index (κ3) is 8.77. The molecule has 1 rings (SSSR count). The first-order chi connectivity index (χ1) is 10.5. The monoisotopic (exact) mass is 313 g/mol. The maximum Gasteiger partial charge on any atom is 0.224 e. The predicted octanol–water partition coefficient (Wildman–Crippen LogP) is 4.89. The van der Waals surface area contributed by atoms with E-state index in [-0.39, 0.29) is 5.91 Å². The summed E-state index contributed by atoms with van der Waals surface area (Å²) in [5.74, 6) is 1.01. The van der Waals surface area contributed by atoms with E-state index in [0.29, 0.717) is 18.4 Å². The molecule has 3 heteroatoms. The van der Waals surface area contributed by atoms with Gasteiger partial charge < -0.3 is 9.64 Å². The second-order valence-electron chi connectivity index (χ2n) is 6.94. The molecule has 1 aliphatic heterocycles. The Morgan fingerprint density at radius 3 is 2.27 bits per heavy atom. The first-order valence-corrected chi connectivity index (χ1v) is 9.32. The lowest BCUT2D eigenvalue weighted by Crippen LogP contribution is -2.42. The summed E-state index contributed by atoms with van der Waals surface area (Å²) in [6, 6.07) is 0. The first kappa shape index (κ1) is 21.4. The average Bonchev–Trinajstić information content (AvgIpc) is 2.53. The van der Waals surface area contributed by atoms with Crippen molar-refractivity contribution in [3.8, 4) is 0 Å². The topological polar surface area (TPSA) is 29.5 Å². The highest BCUT2D eigenvalue weighted by Gasteiger charge is 2.29. The summed E-state index contributed by atoms with van der Waals surface area (Å²) in [5, 5.41) is 0. The largest absolute Gasteiger partial charge is 0.381 e. The molecule has 0 aliphatic carbocycles. The maximum absolute atomic E-state index is 12.1. The molecule has 0 aromatic rings. The zero-order valence-corrected chi connectivity index (χ0v) is 15.9. The Labute approximate surface area is 138 Å². The van der Waals surface area contributed by atoms with Gasteiger partial charge in [0.2, 0.25) is 5.91 Å². The van der Waals surface area contributed by atoms with Gasteiger partial charge in [-0.2, -0.15) is 0 Å². The number of carbonyl (C=O) groups is 1. The van der Waals surface area contributed by atoms with Gasteiger partial charge in [0.15, 0.2) is 0 Å². The number of rotatable bonds is 8. The molecule has 0 saturated carbocycles. The quantitative estimate of drug-likeness (QED) is 0.597. The molecule has 0 radical (unpaired) electrons. The molecule has 1 amide bonds. The van der Waals surface area contributed by atoms with Crippen molar-refractivity contribution in [1.82, 2.24) is 4.90 Å². The van der Waals surface area contributed by atoms with Crippen LogP contribution >= 0.6 is 0 Å². The molecule has 0 atom stereocenters. The zero-order valence-electron chi connectivity index (χ0n) is 15.9. The summed E-state index contributed by atoms with van der Waals surface area (Å²) >= 11 is 0. The lowest BCUT2D eigenvalue weighted by Gasteiger charge is -2.39. The first-order valence-electron chi connectivity index (χ1n) is 9.32. The van der Waals surface area contributed by atoms with Gasteiger partial charge in [0.25, 0.3) is 0 Å². The minimum Gasteiger partial charge on any atom is -0.381 e. The van der Waals surface area contributed by atoms with E-state index in [1.807, 2.05) is 18.7 Å². The molecule has 0 spiro atoms. The molecule has 3 nitrogen and oxygen atoms in total. The van der Waals surface area contributed by atoms with Gasteiger partial charge in [-0.25, -0.2) is 0 Å². The van der Waals surface area contributed by atoms with Gasteiger partial charge in [-0.3, -0.25) is 4.79 Å². The number of nitrogens with zero attached hydrogens (tertiary/aromatic N) is 1. The third-order valence-electron chi connectivity index (χ3n) is 4.71. The van der Waals surface area contributed by atoms with Crippen LogP contribution < -0.4 is 0 Å². The fourth-order valence-electron chi connectivity index (χ4n) is 2.66. The number of hydrogen-bond acceptors (Lipinski definition) is 2. The molecule has 0 aromatic heterocycles. The van der Waals surface area contributed by atoms with Crippen molar-refractivity contribution in [3.63, 3.8) is 0 Å².